The third-order valence-corrected chi connectivity index (χ3v) is 8.55. The first-order chi connectivity index (χ1) is 18.0. The summed E-state index contributed by atoms with van der Waals surface area (Å²) >= 11 is 6.27. The number of hydrogen-bond acceptors (Lipinski definition) is 5. The van der Waals surface area contributed by atoms with E-state index in [0.29, 0.717) is 28.4 Å². The molecule has 3 rings (SSSR count). The Labute approximate surface area is 231 Å². The van der Waals surface area contributed by atoms with Crippen molar-refractivity contribution in [1.29, 1.82) is 0 Å². The Balaban J connectivity index is 1.96. The lowest BCUT2D eigenvalue weighted by atomic mass is 9.95. The van der Waals surface area contributed by atoms with Gasteiger partial charge in [0.15, 0.2) is 0 Å². The van der Waals surface area contributed by atoms with E-state index in [0.717, 1.165) is 48.2 Å². The van der Waals surface area contributed by atoms with Crippen LogP contribution in [0, 0.1) is 6.92 Å². The second-order valence-corrected chi connectivity index (χ2v) is 12.1. The first-order valence-corrected chi connectivity index (χ1v) is 15.2. The highest BCUT2D eigenvalue weighted by Crippen LogP contribution is 2.29. The summed E-state index contributed by atoms with van der Waals surface area (Å²) in [6.07, 6.45) is 6.56. The Bertz CT molecular complexity index is 1230. The number of nitrogens with one attached hydrogen (secondary N) is 1. The van der Waals surface area contributed by atoms with Gasteiger partial charge in [-0.1, -0.05) is 56.0 Å². The largest absolute Gasteiger partial charge is 0.497 e. The summed E-state index contributed by atoms with van der Waals surface area (Å²) in [4.78, 5) is 28.9. The second-order valence-electron chi connectivity index (χ2n) is 9.79. The van der Waals surface area contributed by atoms with Gasteiger partial charge in [-0.3, -0.25) is 13.9 Å². The van der Waals surface area contributed by atoms with E-state index in [1.165, 1.54) is 4.90 Å². The molecule has 0 radical (unpaired) electrons. The lowest BCUT2D eigenvalue weighted by Crippen LogP contribution is -2.54. The number of methoxy groups -OCH3 is 1. The van der Waals surface area contributed by atoms with Crippen LogP contribution in [-0.2, 0) is 26.2 Å². The first-order valence-electron chi connectivity index (χ1n) is 13.0. The molecule has 0 saturated heterocycles. The van der Waals surface area contributed by atoms with E-state index in [1.54, 1.807) is 38.3 Å². The predicted molar refractivity (Wildman–Crippen MR) is 151 cm³/mol. The molecule has 10 heteroatoms. The van der Waals surface area contributed by atoms with E-state index in [-0.39, 0.29) is 18.5 Å². The Kier molecular flexibility index (Phi) is 10.4. The molecule has 0 aliphatic heterocycles. The number of benzene rings is 2. The maximum absolute atomic E-state index is 13.9. The smallest absolute Gasteiger partial charge is 0.244 e. The number of hydrogen-bond donors (Lipinski definition) is 1. The zero-order valence-corrected chi connectivity index (χ0v) is 24.1. The van der Waals surface area contributed by atoms with E-state index in [2.05, 4.69) is 5.32 Å². The van der Waals surface area contributed by atoms with Gasteiger partial charge in [-0.05, 0) is 61.6 Å². The summed E-state index contributed by atoms with van der Waals surface area (Å²) in [6.45, 7) is 3.23. The van der Waals surface area contributed by atoms with E-state index in [4.69, 9.17) is 16.3 Å². The van der Waals surface area contributed by atoms with Gasteiger partial charge in [-0.15, -0.1) is 0 Å². The van der Waals surface area contributed by atoms with Crippen molar-refractivity contribution < 1.29 is 22.7 Å². The Hall–Kier alpha value is -2.78. The van der Waals surface area contributed by atoms with Gasteiger partial charge in [0.2, 0.25) is 21.8 Å². The number of ether oxygens (including phenoxy) is 1. The average Bonchev–Trinajstić information content (AvgIpc) is 2.89. The third-order valence-electron chi connectivity index (χ3n) is 7.01. The molecule has 208 valence electrons. The van der Waals surface area contributed by atoms with Crippen molar-refractivity contribution in [2.24, 2.45) is 0 Å². The van der Waals surface area contributed by atoms with Crippen molar-refractivity contribution >= 4 is 39.1 Å². The van der Waals surface area contributed by atoms with Crippen LogP contribution in [0.15, 0.2) is 42.5 Å². The molecular weight excluding hydrogens is 526 g/mol. The summed E-state index contributed by atoms with van der Waals surface area (Å²) in [5.41, 5.74) is 1.65. The molecule has 2 aromatic rings. The lowest BCUT2D eigenvalue weighted by molar-refractivity contribution is -0.140. The standard InChI is InChI=1S/C28H38ClN3O5S/c1-5-25(28(34)30-22-12-7-6-8-13-22)31(18-21-11-9-14-23(17-21)37-3)27(33)19-32(38(4,35)36)26-16-10-15-24(29)20(26)2/h9-11,14-17,22,25H,5-8,12-13,18-19H2,1-4H3,(H,30,34)/t25-/m0/s1. The first kappa shape index (κ1) is 29.8. The van der Waals surface area contributed by atoms with Crippen LogP contribution in [-0.4, -0.2) is 57.1 Å². The molecule has 2 aromatic carbocycles. The maximum Gasteiger partial charge on any atom is 0.244 e. The lowest BCUT2D eigenvalue weighted by Gasteiger charge is -2.34. The van der Waals surface area contributed by atoms with Crippen molar-refractivity contribution in [3.05, 3.63) is 58.6 Å². The van der Waals surface area contributed by atoms with Crippen molar-refractivity contribution in [2.75, 3.05) is 24.2 Å². The van der Waals surface area contributed by atoms with Gasteiger partial charge >= 0.3 is 0 Å². The van der Waals surface area contributed by atoms with Crippen molar-refractivity contribution in [3.8, 4) is 5.75 Å². The Morgan fingerprint density at radius 2 is 1.82 bits per heavy atom. The van der Waals surface area contributed by atoms with Gasteiger partial charge < -0.3 is 15.0 Å². The van der Waals surface area contributed by atoms with Crippen LogP contribution in [0.25, 0.3) is 0 Å². The van der Waals surface area contributed by atoms with Gasteiger partial charge in [0, 0.05) is 17.6 Å². The minimum absolute atomic E-state index is 0.0840. The van der Waals surface area contributed by atoms with Crippen molar-refractivity contribution in [1.82, 2.24) is 10.2 Å². The van der Waals surface area contributed by atoms with E-state index in [1.807, 2.05) is 25.1 Å². The van der Waals surface area contributed by atoms with Crippen LogP contribution in [0.2, 0.25) is 5.02 Å². The molecule has 1 aliphatic carbocycles. The fraction of sp³-hybridized carbons (Fsp3) is 0.500. The minimum atomic E-state index is -3.84. The number of sulfonamides is 1. The number of halogens is 1. The van der Waals surface area contributed by atoms with Crippen molar-refractivity contribution in [2.45, 2.75) is 71.0 Å². The fourth-order valence-electron chi connectivity index (χ4n) is 4.89. The van der Waals surface area contributed by atoms with Gasteiger partial charge in [0.05, 0.1) is 19.1 Å². The molecule has 2 amide bonds. The monoisotopic (exact) mass is 563 g/mol. The number of rotatable bonds is 11. The number of carbonyl (C=O) groups is 2. The molecule has 0 heterocycles. The van der Waals surface area contributed by atoms with Gasteiger partial charge in [0.25, 0.3) is 0 Å². The van der Waals surface area contributed by atoms with Crippen LogP contribution in [0.4, 0.5) is 5.69 Å². The van der Waals surface area contributed by atoms with Gasteiger partial charge in [0.1, 0.15) is 18.3 Å². The highest BCUT2D eigenvalue weighted by molar-refractivity contribution is 7.92. The quantitative estimate of drug-likeness (QED) is 0.428. The predicted octanol–water partition coefficient (Wildman–Crippen LogP) is 4.68. The average molecular weight is 564 g/mol. The molecular formula is C28H38ClN3O5S. The van der Waals surface area contributed by atoms with Gasteiger partial charge in [-0.2, -0.15) is 0 Å². The molecule has 1 saturated carbocycles. The zero-order chi connectivity index (χ0) is 27.9. The third kappa shape index (κ3) is 7.63. The Morgan fingerprint density at radius 1 is 1.13 bits per heavy atom. The molecule has 0 unspecified atom stereocenters. The molecule has 0 bridgehead atoms. The normalized spacial score (nSPS) is 15.0. The summed E-state index contributed by atoms with van der Waals surface area (Å²) in [7, 11) is -2.28. The SMILES string of the molecule is CC[C@@H](C(=O)NC1CCCCC1)N(Cc1cccc(OC)c1)C(=O)CN(c1cccc(Cl)c1C)S(C)(=O)=O. The topological polar surface area (TPSA) is 96.0 Å². The highest BCUT2D eigenvalue weighted by atomic mass is 35.5. The van der Waals surface area contributed by atoms with Crippen LogP contribution in [0.1, 0.15) is 56.6 Å². The summed E-state index contributed by atoms with van der Waals surface area (Å²) in [6, 6.07) is 11.5. The fourth-order valence-corrected chi connectivity index (χ4v) is 5.96. The summed E-state index contributed by atoms with van der Waals surface area (Å²) < 4.78 is 32.1. The van der Waals surface area contributed by atoms with Gasteiger partial charge in [-0.25, -0.2) is 8.42 Å². The second kappa shape index (κ2) is 13.3. The minimum Gasteiger partial charge on any atom is -0.497 e. The summed E-state index contributed by atoms with van der Waals surface area (Å²) in [5, 5.41) is 3.54. The van der Waals surface area contributed by atoms with Crippen LogP contribution < -0.4 is 14.4 Å². The van der Waals surface area contributed by atoms with E-state index < -0.39 is 28.5 Å². The summed E-state index contributed by atoms with van der Waals surface area (Å²) in [5.74, 6) is -0.0781. The maximum atomic E-state index is 13.9. The number of amides is 2. The van der Waals surface area contributed by atoms with Crippen LogP contribution >= 0.6 is 11.6 Å². The highest BCUT2D eigenvalue weighted by Gasteiger charge is 2.33. The van der Waals surface area contributed by atoms with E-state index in [9.17, 15) is 18.0 Å². The zero-order valence-electron chi connectivity index (χ0n) is 22.6. The number of anilines is 1. The molecule has 0 spiro atoms. The molecule has 1 aliphatic rings. The number of nitrogens with zero attached hydrogens (tertiary/aromatic N) is 2. The molecule has 0 aromatic heterocycles. The van der Waals surface area contributed by atoms with E-state index >= 15 is 0 Å². The molecule has 1 fully saturated rings. The van der Waals surface area contributed by atoms with Crippen LogP contribution in [0.5, 0.6) is 5.75 Å². The molecule has 38 heavy (non-hydrogen) atoms. The Morgan fingerprint density at radius 3 is 2.45 bits per heavy atom. The number of carbonyl (C=O) groups excluding carboxylic acids is 2. The molecule has 8 nitrogen and oxygen atoms in total. The van der Waals surface area contributed by atoms with Crippen molar-refractivity contribution in [3.63, 3.8) is 0 Å². The molecule has 1 N–H and O–H groups in total. The molecule has 1 atom stereocenters. The van der Waals surface area contributed by atoms with Crippen LogP contribution in [0.3, 0.4) is 0 Å².